The minimum absolute atomic E-state index is 0.0261. The number of phenolic OH excluding ortho intramolecular Hbond substituents is 1. The second kappa shape index (κ2) is 13.5. The van der Waals surface area contributed by atoms with Crippen LogP contribution in [0.5, 0.6) is 5.75 Å². The third-order valence-corrected chi connectivity index (χ3v) is 8.53. The van der Waals surface area contributed by atoms with Crippen molar-refractivity contribution in [3.05, 3.63) is 30.0 Å². The van der Waals surface area contributed by atoms with Crippen LogP contribution in [0.15, 0.2) is 24.4 Å². The molecule has 11 heteroatoms. The van der Waals surface area contributed by atoms with Gasteiger partial charge >= 0.3 is 0 Å². The Morgan fingerprint density at radius 1 is 0.902 bits per heavy atom. The summed E-state index contributed by atoms with van der Waals surface area (Å²) in [6.07, 6.45) is 8.45. The molecule has 2 aromatic rings. The number of ketones is 1. The van der Waals surface area contributed by atoms with Crippen molar-refractivity contribution in [3.63, 3.8) is 0 Å². The van der Waals surface area contributed by atoms with Gasteiger partial charge in [0.15, 0.2) is 0 Å². The van der Waals surface area contributed by atoms with Crippen molar-refractivity contribution in [2.45, 2.75) is 75.9 Å². The highest BCUT2D eigenvalue weighted by atomic mass is 16.5. The van der Waals surface area contributed by atoms with E-state index in [2.05, 4.69) is 15.6 Å². The van der Waals surface area contributed by atoms with E-state index in [0.29, 0.717) is 63.0 Å². The quantitative estimate of drug-likeness (QED) is 0.268. The lowest BCUT2D eigenvalue weighted by atomic mass is 9.82. The van der Waals surface area contributed by atoms with Crippen LogP contribution in [0.25, 0.3) is 10.9 Å². The number of rotatable bonds is 9. The van der Waals surface area contributed by atoms with E-state index < -0.39 is 30.2 Å². The average Bonchev–Trinajstić information content (AvgIpc) is 3.40. The van der Waals surface area contributed by atoms with Crippen molar-refractivity contribution in [1.29, 1.82) is 0 Å². The molecule has 1 saturated carbocycles. The molecule has 2 aliphatic heterocycles. The van der Waals surface area contributed by atoms with Crippen molar-refractivity contribution < 1.29 is 33.8 Å². The number of fused-ring (bicyclic) bond motifs is 1. The maximum absolute atomic E-state index is 14.1. The SMILES string of the molecule is O=C(CN(C(=O)C(=O)c1c[nH]c2cc(O)ccc12)C(C(=O)NC1CCOCC1)C1CCCCC1)NC1CCOCC1. The monoisotopic (exact) mass is 568 g/mol. The molecular formula is C30H40N4O7. The number of aromatic nitrogens is 1. The molecule has 41 heavy (non-hydrogen) atoms. The minimum Gasteiger partial charge on any atom is -0.508 e. The van der Waals surface area contributed by atoms with Crippen molar-refractivity contribution in [2.75, 3.05) is 33.0 Å². The molecule has 3 amide bonds. The smallest absolute Gasteiger partial charge is 0.296 e. The molecule has 0 bridgehead atoms. The molecule has 3 heterocycles. The van der Waals surface area contributed by atoms with Gasteiger partial charge in [0.1, 0.15) is 18.3 Å². The van der Waals surface area contributed by atoms with Gasteiger partial charge in [0.25, 0.3) is 11.7 Å². The van der Waals surface area contributed by atoms with Gasteiger partial charge in [0.05, 0.1) is 5.56 Å². The van der Waals surface area contributed by atoms with Crippen molar-refractivity contribution in [2.24, 2.45) is 5.92 Å². The summed E-state index contributed by atoms with van der Waals surface area (Å²) >= 11 is 0. The van der Waals surface area contributed by atoms with Gasteiger partial charge in [0, 0.05) is 61.7 Å². The van der Waals surface area contributed by atoms with E-state index in [1.165, 1.54) is 23.2 Å². The highest BCUT2D eigenvalue weighted by molar-refractivity contribution is 6.45. The number of carbonyl (C=O) groups is 4. The van der Waals surface area contributed by atoms with Crippen molar-refractivity contribution in [3.8, 4) is 5.75 Å². The molecule has 3 fully saturated rings. The largest absolute Gasteiger partial charge is 0.508 e. The number of Topliss-reactive ketones (excluding diaryl/α,β-unsaturated/α-hetero) is 1. The predicted octanol–water partition coefficient (Wildman–Crippen LogP) is 2.42. The third kappa shape index (κ3) is 7.08. The number of hydrogen-bond acceptors (Lipinski definition) is 7. The fraction of sp³-hybridized carbons (Fsp3) is 0.600. The molecule has 222 valence electrons. The molecule has 1 aromatic carbocycles. The van der Waals surface area contributed by atoms with Crippen LogP contribution in [0, 0.1) is 5.92 Å². The van der Waals surface area contributed by atoms with Gasteiger partial charge in [-0.05, 0) is 56.6 Å². The van der Waals surface area contributed by atoms with Crippen LogP contribution in [0.2, 0.25) is 0 Å². The van der Waals surface area contributed by atoms with Crippen LogP contribution in [-0.2, 0) is 23.9 Å². The Morgan fingerprint density at radius 3 is 2.20 bits per heavy atom. The van der Waals surface area contributed by atoms with Crippen molar-refractivity contribution in [1.82, 2.24) is 20.5 Å². The molecule has 1 aliphatic carbocycles. The number of aromatic hydroxyl groups is 1. The lowest BCUT2D eigenvalue weighted by Crippen LogP contribution is -2.59. The molecule has 4 N–H and O–H groups in total. The number of carbonyl (C=O) groups excluding carboxylic acids is 4. The molecular weight excluding hydrogens is 528 g/mol. The number of phenols is 1. The van der Waals surface area contributed by atoms with Crippen LogP contribution >= 0.6 is 0 Å². The maximum atomic E-state index is 14.1. The molecule has 11 nitrogen and oxygen atoms in total. The Balaban J connectivity index is 1.45. The zero-order chi connectivity index (χ0) is 28.8. The summed E-state index contributed by atoms with van der Waals surface area (Å²) in [6.45, 7) is 1.78. The zero-order valence-electron chi connectivity index (χ0n) is 23.4. The molecule has 1 unspecified atom stereocenters. The highest BCUT2D eigenvalue weighted by Gasteiger charge is 2.41. The Labute approximate surface area is 239 Å². The van der Waals surface area contributed by atoms with Gasteiger partial charge in [-0.25, -0.2) is 0 Å². The van der Waals surface area contributed by atoms with Crippen LogP contribution in [0.4, 0.5) is 0 Å². The lowest BCUT2D eigenvalue weighted by molar-refractivity contribution is -0.143. The Kier molecular flexibility index (Phi) is 9.56. The molecule has 0 spiro atoms. The first-order valence-corrected chi connectivity index (χ1v) is 14.8. The van der Waals surface area contributed by atoms with E-state index >= 15 is 0 Å². The van der Waals surface area contributed by atoms with E-state index in [-0.39, 0.29) is 35.2 Å². The summed E-state index contributed by atoms with van der Waals surface area (Å²) in [7, 11) is 0. The Hall–Kier alpha value is -3.44. The summed E-state index contributed by atoms with van der Waals surface area (Å²) in [4.78, 5) is 59.3. The van der Waals surface area contributed by atoms with Crippen LogP contribution in [-0.4, -0.2) is 89.6 Å². The van der Waals surface area contributed by atoms with Crippen molar-refractivity contribution >= 4 is 34.4 Å². The first-order valence-electron chi connectivity index (χ1n) is 14.8. The van der Waals surface area contributed by atoms with Gasteiger partial charge < -0.3 is 35.1 Å². The van der Waals surface area contributed by atoms with Gasteiger partial charge in [-0.1, -0.05) is 19.3 Å². The van der Waals surface area contributed by atoms with Gasteiger partial charge in [-0.15, -0.1) is 0 Å². The second-order valence-corrected chi connectivity index (χ2v) is 11.4. The summed E-state index contributed by atoms with van der Waals surface area (Å²) in [5, 5.41) is 16.4. The number of amides is 3. The van der Waals surface area contributed by atoms with Gasteiger partial charge in [-0.3, -0.25) is 19.2 Å². The average molecular weight is 569 g/mol. The number of nitrogens with zero attached hydrogens (tertiary/aromatic N) is 1. The first kappa shape index (κ1) is 29.1. The van der Waals surface area contributed by atoms with Crippen LogP contribution in [0.3, 0.4) is 0 Å². The van der Waals surface area contributed by atoms with E-state index in [0.717, 1.165) is 32.1 Å². The number of aromatic amines is 1. The standard InChI is InChI=1S/C30H40N4O7/c35-22-6-7-23-24(17-31-25(23)16-22)28(37)30(39)34(18-26(36)32-20-8-12-40-13-9-20)27(19-4-2-1-3-5-19)29(38)33-21-10-14-41-15-11-21/h6-7,16-17,19-21,27,31,35H,1-5,8-15,18H2,(H,32,36)(H,33,38). The molecule has 3 aliphatic rings. The lowest BCUT2D eigenvalue weighted by Gasteiger charge is -2.38. The molecule has 1 atom stereocenters. The zero-order valence-corrected chi connectivity index (χ0v) is 23.4. The molecule has 2 saturated heterocycles. The summed E-state index contributed by atoms with van der Waals surface area (Å²) in [6, 6.07) is 3.36. The number of nitrogens with one attached hydrogen (secondary N) is 3. The molecule has 0 radical (unpaired) electrons. The fourth-order valence-electron chi connectivity index (χ4n) is 6.30. The number of H-pyrrole nitrogens is 1. The number of ether oxygens (including phenoxy) is 2. The van der Waals surface area contributed by atoms with Crippen LogP contribution < -0.4 is 10.6 Å². The summed E-state index contributed by atoms with van der Waals surface area (Å²) in [5.74, 6) is -2.57. The summed E-state index contributed by atoms with van der Waals surface area (Å²) < 4.78 is 10.8. The number of hydrogen-bond donors (Lipinski definition) is 4. The first-order chi connectivity index (χ1) is 19.9. The van der Waals surface area contributed by atoms with E-state index in [4.69, 9.17) is 9.47 Å². The topological polar surface area (TPSA) is 150 Å². The minimum atomic E-state index is -0.954. The Morgan fingerprint density at radius 2 is 1.54 bits per heavy atom. The highest BCUT2D eigenvalue weighted by Crippen LogP contribution is 2.31. The van der Waals surface area contributed by atoms with E-state index in [1.54, 1.807) is 6.07 Å². The van der Waals surface area contributed by atoms with E-state index in [9.17, 15) is 24.3 Å². The maximum Gasteiger partial charge on any atom is 0.296 e. The Bertz CT molecular complexity index is 1240. The third-order valence-electron chi connectivity index (χ3n) is 8.53. The predicted molar refractivity (Wildman–Crippen MR) is 150 cm³/mol. The molecule has 1 aromatic heterocycles. The number of benzene rings is 1. The van der Waals surface area contributed by atoms with Gasteiger partial charge in [0.2, 0.25) is 11.8 Å². The fourth-order valence-corrected chi connectivity index (χ4v) is 6.30. The molecule has 5 rings (SSSR count). The van der Waals surface area contributed by atoms with Gasteiger partial charge in [-0.2, -0.15) is 0 Å². The van der Waals surface area contributed by atoms with Crippen LogP contribution in [0.1, 0.15) is 68.1 Å². The second-order valence-electron chi connectivity index (χ2n) is 11.4. The normalized spacial score (nSPS) is 19.9. The van der Waals surface area contributed by atoms with E-state index in [1.807, 2.05) is 0 Å². The summed E-state index contributed by atoms with van der Waals surface area (Å²) in [5.41, 5.74) is 0.637.